The maximum atomic E-state index is 12.6. The monoisotopic (exact) mass is 267 g/mol. The fourth-order valence-electron chi connectivity index (χ4n) is 2.61. The van der Waals surface area contributed by atoms with Gasteiger partial charge in [0.25, 0.3) is 0 Å². The fraction of sp³-hybridized carbons (Fsp3) is 0.250. The van der Waals surface area contributed by atoms with Crippen molar-refractivity contribution in [3.8, 4) is 0 Å². The van der Waals surface area contributed by atoms with Gasteiger partial charge < -0.3 is 11.5 Å². The number of benzene rings is 1. The molecule has 4 N–H and O–H groups in total. The first kappa shape index (κ1) is 12.7. The first-order chi connectivity index (χ1) is 9.60. The van der Waals surface area contributed by atoms with Crippen molar-refractivity contribution in [2.75, 3.05) is 11.5 Å². The normalized spacial score (nSPS) is 15.8. The number of pyridine rings is 1. The Morgan fingerprint density at radius 2 is 1.85 bits per heavy atom. The molecule has 1 saturated carbocycles. The summed E-state index contributed by atoms with van der Waals surface area (Å²) in [5.74, 6) is 0.695. The van der Waals surface area contributed by atoms with Gasteiger partial charge in [0.1, 0.15) is 11.6 Å². The smallest absolute Gasteiger partial charge is 0.147 e. The van der Waals surface area contributed by atoms with Gasteiger partial charge in [0.2, 0.25) is 0 Å². The second-order valence-electron chi connectivity index (χ2n) is 5.39. The van der Waals surface area contributed by atoms with Crippen LogP contribution in [0.2, 0.25) is 0 Å². The average Bonchev–Trinajstić information content (AvgIpc) is 3.21. The van der Waals surface area contributed by atoms with Crippen LogP contribution >= 0.6 is 0 Å². The van der Waals surface area contributed by atoms with Gasteiger partial charge in [-0.15, -0.1) is 0 Å². The highest BCUT2D eigenvalue weighted by atomic mass is 16.1. The van der Waals surface area contributed by atoms with E-state index in [1.807, 2.05) is 30.3 Å². The summed E-state index contributed by atoms with van der Waals surface area (Å²) in [7, 11) is 0. The Labute approximate surface area is 117 Å². The van der Waals surface area contributed by atoms with E-state index >= 15 is 0 Å². The number of Topliss-reactive ketones (excluding diaryl/α,β-unsaturated/α-hetero) is 1. The fourth-order valence-corrected chi connectivity index (χ4v) is 2.61. The van der Waals surface area contributed by atoms with Crippen molar-refractivity contribution in [1.82, 2.24) is 4.98 Å². The standard InChI is InChI=1S/C16H17N3O/c17-13-3-1-12(2-4-13)16(6-7-16)14(20)9-11-5-8-19-15(18)10-11/h1-5,8,10H,6-7,9,17H2,(H2,18,19). The van der Waals surface area contributed by atoms with E-state index in [1.165, 1.54) is 0 Å². The summed E-state index contributed by atoms with van der Waals surface area (Å²) in [6, 6.07) is 11.2. The molecule has 0 bridgehead atoms. The number of anilines is 2. The van der Waals surface area contributed by atoms with Gasteiger partial charge in [-0.1, -0.05) is 12.1 Å². The zero-order valence-electron chi connectivity index (χ0n) is 11.2. The van der Waals surface area contributed by atoms with Crippen molar-refractivity contribution >= 4 is 17.3 Å². The van der Waals surface area contributed by atoms with Crippen molar-refractivity contribution in [3.63, 3.8) is 0 Å². The first-order valence-corrected chi connectivity index (χ1v) is 6.70. The van der Waals surface area contributed by atoms with Crippen LogP contribution in [0.1, 0.15) is 24.0 Å². The van der Waals surface area contributed by atoms with Gasteiger partial charge in [-0.05, 0) is 48.2 Å². The Kier molecular flexibility index (Phi) is 2.93. The zero-order chi connectivity index (χ0) is 14.2. The molecule has 20 heavy (non-hydrogen) atoms. The van der Waals surface area contributed by atoms with Gasteiger partial charge >= 0.3 is 0 Å². The zero-order valence-corrected chi connectivity index (χ0v) is 11.2. The van der Waals surface area contributed by atoms with E-state index in [-0.39, 0.29) is 11.2 Å². The molecule has 1 fully saturated rings. The molecule has 4 heteroatoms. The lowest BCUT2D eigenvalue weighted by Gasteiger charge is -2.15. The van der Waals surface area contributed by atoms with Crippen molar-refractivity contribution in [3.05, 3.63) is 53.7 Å². The molecular formula is C16H17N3O. The minimum atomic E-state index is -0.314. The average molecular weight is 267 g/mol. The van der Waals surface area contributed by atoms with E-state index < -0.39 is 0 Å². The second-order valence-corrected chi connectivity index (χ2v) is 5.39. The highest BCUT2D eigenvalue weighted by Gasteiger charge is 2.50. The summed E-state index contributed by atoms with van der Waals surface area (Å²) < 4.78 is 0. The van der Waals surface area contributed by atoms with E-state index in [2.05, 4.69) is 4.98 Å². The summed E-state index contributed by atoms with van der Waals surface area (Å²) >= 11 is 0. The van der Waals surface area contributed by atoms with Crippen LogP contribution in [-0.2, 0) is 16.6 Å². The number of nitrogens with two attached hydrogens (primary N) is 2. The van der Waals surface area contributed by atoms with Gasteiger partial charge in [0, 0.05) is 18.3 Å². The van der Waals surface area contributed by atoms with Crippen LogP contribution in [-0.4, -0.2) is 10.8 Å². The van der Waals surface area contributed by atoms with Crippen molar-refractivity contribution in [2.45, 2.75) is 24.7 Å². The second kappa shape index (κ2) is 4.63. The predicted molar refractivity (Wildman–Crippen MR) is 79.1 cm³/mol. The van der Waals surface area contributed by atoms with Gasteiger partial charge in [-0.2, -0.15) is 0 Å². The first-order valence-electron chi connectivity index (χ1n) is 6.70. The van der Waals surface area contributed by atoms with E-state index in [0.717, 1.165) is 29.7 Å². The van der Waals surface area contributed by atoms with E-state index in [9.17, 15) is 4.79 Å². The molecule has 1 heterocycles. The van der Waals surface area contributed by atoms with Crippen LogP contribution in [0, 0.1) is 0 Å². The molecule has 1 aromatic heterocycles. The van der Waals surface area contributed by atoms with Crippen LogP contribution in [0.4, 0.5) is 11.5 Å². The number of hydrogen-bond donors (Lipinski definition) is 2. The predicted octanol–water partition coefficient (Wildman–Crippen LogP) is 2.09. The minimum absolute atomic E-state index is 0.243. The topological polar surface area (TPSA) is 82.0 Å². The highest BCUT2D eigenvalue weighted by molar-refractivity contribution is 5.94. The molecule has 0 amide bonds. The molecule has 102 valence electrons. The van der Waals surface area contributed by atoms with E-state index in [1.54, 1.807) is 12.3 Å². The maximum Gasteiger partial charge on any atom is 0.147 e. The van der Waals surface area contributed by atoms with Gasteiger partial charge in [-0.3, -0.25) is 4.79 Å². The Balaban J connectivity index is 1.81. The molecule has 0 spiro atoms. The Morgan fingerprint density at radius 1 is 1.15 bits per heavy atom. The molecule has 0 radical (unpaired) electrons. The molecule has 3 rings (SSSR count). The lowest BCUT2D eigenvalue weighted by atomic mass is 9.88. The molecule has 0 atom stereocenters. The minimum Gasteiger partial charge on any atom is -0.399 e. The number of carbonyl (C=O) groups is 1. The Morgan fingerprint density at radius 3 is 2.45 bits per heavy atom. The molecule has 1 aliphatic rings. The lowest BCUT2D eigenvalue weighted by molar-refractivity contribution is -0.120. The van der Waals surface area contributed by atoms with Crippen molar-refractivity contribution < 1.29 is 4.79 Å². The van der Waals surface area contributed by atoms with Gasteiger partial charge in [0.05, 0.1) is 5.41 Å². The Hall–Kier alpha value is -2.36. The molecule has 0 aliphatic heterocycles. The quantitative estimate of drug-likeness (QED) is 0.831. The van der Waals surface area contributed by atoms with Crippen molar-refractivity contribution in [2.24, 2.45) is 0 Å². The maximum absolute atomic E-state index is 12.6. The summed E-state index contributed by atoms with van der Waals surface area (Å²) in [5.41, 5.74) is 13.7. The third-order valence-electron chi connectivity index (χ3n) is 3.96. The third kappa shape index (κ3) is 2.25. The largest absolute Gasteiger partial charge is 0.399 e. The number of aromatic nitrogens is 1. The number of rotatable bonds is 4. The van der Waals surface area contributed by atoms with Crippen molar-refractivity contribution in [1.29, 1.82) is 0 Å². The Bertz CT molecular complexity index is 645. The van der Waals surface area contributed by atoms with Crippen LogP contribution in [0.3, 0.4) is 0 Å². The van der Waals surface area contributed by atoms with Crippen LogP contribution in [0.25, 0.3) is 0 Å². The van der Waals surface area contributed by atoms with Crippen LogP contribution < -0.4 is 11.5 Å². The summed E-state index contributed by atoms with van der Waals surface area (Å²) in [4.78, 5) is 16.5. The number of hydrogen-bond acceptors (Lipinski definition) is 4. The van der Waals surface area contributed by atoms with E-state index in [4.69, 9.17) is 11.5 Å². The molecule has 0 unspecified atom stereocenters. The van der Waals surface area contributed by atoms with E-state index in [0.29, 0.717) is 12.2 Å². The summed E-state index contributed by atoms with van der Waals surface area (Å²) in [6.45, 7) is 0. The highest BCUT2D eigenvalue weighted by Crippen LogP contribution is 2.49. The summed E-state index contributed by atoms with van der Waals surface area (Å²) in [5, 5.41) is 0. The SMILES string of the molecule is Nc1ccc(C2(C(=O)Cc3ccnc(N)c3)CC2)cc1. The van der Waals surface area contributed by atoms with Crippen LogP contribution in [0.5, 0.6) is 0 Å². The molecule has 2 aromatic rings. The molecular weight excluding hydrogens is 250 g/mol. The van der Waals surface area contributed by atoms with Gasteiger partial charge in [0.15, 0.2) is 0 Å². The number of nitrogen functional groups attached to an aromatic ring is 2. The third-order valence-corrected chi connectivity index (χ3v) is 3.96. The lowest BCUT2D eigenvalue weighted by Crippen LogP contribution is -2.22. The number of ketones is 1. The summed E-state index contributed by atoms with van der Waals surface area (Å²) in [6.07, 6.45) is 3.87. The molecule has 1 aromatic carbocycles. The molecule has 4 nitrogen and oxygen atoms in total. The number of nitrogens with zero attached hydrogens (tertiary/aromatic N) is 1. The molecule has 0 saturated heterocycles. The molecule has 1 aliphatic carbocycles. The van der Waals surface area contributed by atoms with Crippen LogP contribution in [0.15, 0.2) is 42.6 Å². The number of carbonyl (C=O) groups excluding carboxylic acids is 1. The van der Waals surface area contributed by atoms with Gasteiger partial charge in [-0.25, -0.2) is 4.98 Å².